The highest BCUT2D eigenvalue weighted by Gasteiger charge is 2.47. The molecule has 1 atom stereocenters. The van der Waals surface area contributed by atoms with Gasteiger partial charge in [-0.15, -0.1) is 0 Å². The van der Waals surface area contributed by atoms with Gasteiger partial charge in [0, 0.05) is 16.7 Å². The molecule has 0 aromatic heterocycles. The Bertz CT molecular complexity index is 403. The SMILES string of the molecule is CC1(C)CCCC1(CN)Nc1cccc(Br)c1. The normalized spacial score (nSPS) is 27.1. The van der Waals surface area contributed by atoms with E-state index in [4.69, 9.17) is 5.73 Å². The van der Waals surface area contributed by atoms with Gasteiger partial charge in [0.25, 0.3) is 0 Å². The monoisotopic (exact) mass is 296 g/mol. The van der Waals surface area contributed by atoms with Crippen LogP contribution in [0.25, 0.3) is 0 Å². The first kappa shape index (κ1) is 12.9. The van der Waals surface area contributed by atoms with Crippen LogP contribution in [0.1, 0.15) is 33.1 Å². The molecular weight excluding hydrogens is 276 g/mol. The van der Waals surface area contributed by atoms with Gasteiger partial charge < -0.3 is 11.1 Å². The molecule has 0 bridgehead atoms. The lowest BCUT2D eigenvalue weighted by molar-refractivity contribution is 0.239. The molecule has 1 aliphatic rings. The summed E-state index contributed by atoms with van der Waals surface area (Å²) in [6, 6.07) is 8.32. The molecule has 2 rings (SSSR count). The molecule has 2 nitrogen and oxygen atoms in total. The minimum absolute atomic E-state index is 0.0355. The van der Waals surface area contributed by atoms with Crippen molar-refractivity contribution < 1.29 is 0 Å². The van der Waals surface area contributed by atoms with Crippen LogP contribution in [0.3, 0.4) is 0 Å². The van der Waals surface area contributed by atoms with Crippen LogP contribution >= 0.6 is 15.9 Å². The molecule has 1 fully saturated rings. The van der Waals surface area contributed by atoms with Gasteiger partial charge in [0.2, 0.25) is 0 Å². The molecule has 17 heavy (non-hydrogen) atoms. The Morgan fingerprint density at radius 1 is 1.35 bits per heavy atom. The highest BCUT2D eigenvalue weighted by molar-refractivity contribution is 9.10. The average Bonchev–Trinajstić information content (AvgIpc) is 2.55. The Kier molecular flexibility index (Phi) is 3.50. The fourth-order valence-corrected chi connectivity index (χ4v) is 3.31. The van der Waals surface area contributed by atoms with E-state index in [2.05, 4.69) is 53.3 Å². The summed E-state index contributed by atoms with van der Waals surface area (Å²) in [5.41, 5.74) is 7.50. The van der Waals surface area contributed by atoms with Crippen LogP contribution < -0.4 is 11.1 Å². The van der Waals surface area contributed by atoms with E-state index in [1.807, 2.05) is 6.07 Å². The number of rotatable bonds is 3. The second-order valence-electron chi connectivity index (χ2n) is 5.66. The molecule has 0 saturated heterocycles. The molecule has 94 valence electrons. The van der Waals surface area contributed by atoms with E-state index in [0.717, 1.165) is 16.6 Å². The largest absolute Gasteiger partial charge is 0.378 e. The maximum absolute atomic E-state index is 6.06. The molecule has 1 unspecified atom stereocenters. The smallest absolute Gasteiger partial charge is 0.0546 e. The topological polar surface area (TPSA) is 38.0 Å². The zero-order chi connectivity index (χ0) is 12.5. The molecule has 3 N–H and O–H groups in total. The molecular formula is C14H21BrN2. The molecule has 0 heterocycles. The van der Waals surface area contributed by atoms with Crippen molar-refractivity contribution in [3.05, 3.63) is 28.7 Å². The summed E-state index contributed by atoms with van der Waals surface area (Å²) in [6.07, 6.45) is 3.65. The standard InChI is InChI=1S/C14H21BrN2/c1-13(2)7-4-8-14(13,10-16)17-12-6-3-5-11(15)9-12/h3,5-6,9,17H,4,7-8,10,16H2,1-2H3. The first-order chi connectivity index (χ1) is 7.99. The molecule has 1 aromatic rings. The van der Waals surface area contributed by atoms with E-state index in [0.29, 0.717) is 6.54 Å². The zero-order valence-corrected chi connectivity index (χ0v) is 12.2. The van der Waals surface area contributed by atoms with E-state index < -0.39 is 0 Å². The highest BCUT2D eigenvalue weighted by atomic mass is 79.9. The Labute approximate surface area is 112 Å². The minimum atomic E-state index is 0.0355. The van der Waals surface area contributed by atoms with Crippen LogP contribution in [-0.4, -0.2) is 12.1 Å². The second-order valence-corrected chi connectivity index (χ2v) is 6.57. The molecule has 0 spiro atoms. The Morgan fingerprint density at radius 3 is 2.65 bits per heavy atom. The fraction of sp³-hybridized carbons (Fsp3) is 0.571. The van der Waals surface area contributed by atoms with Crippen molar-refractivity contribution in [1.29, 1.82) is 0 Å². The van der Waals surface area contributed by atoms with Crippen molar-refractivity contribution in [3.8, 4) is 0 Å². The lowest BCUT2D eigenvalue weighted by Gasteiger charge is -2.42. The van der Waals surface area contributed by atoms with Gasteiger partial charge in [0.1, 0.15) is 0 Å². The van der Waals surface area contributed by atoms with Crippen LogP contribution in [0, 0.1) is 5.41 Å². The lowest BCUT2D eigenvalue weighted by Crippen LogP contribution is -2.53. The number of anilines is 1. The van der Waals surface area contributed by atoms with Gasteiger partial charge in [-0.1, -0.05) is 42.3 Å². The molecule has 1 aliphatic carbocycles. The first-order valence-corrected chi connectivity index (χ1v) is 7.02. The third kappa shape index (κ3) is 2.36. The van der Waals surface area contributed by atoms with Crippen molar-refractivity contribution in [3.63, 3.8) is 0 Å². The average molecular weight is 297 g/mol. The Morgan fingerprint density at radius 2 is 2.12 bits per heavy atom. The predicted molar refractivity (Wildman–Crippen MR) is 77.2 cm³/mol. The number of nitrogens with one attached hydrogen (secondary N) is 1. The first-order valence-electron chi connectivity index (χ1n) is 6.23. The number of benzene rings is 1. The Hall–Kier alpha value is -0.540. The number of halogens is 1. The van der Waals surface area contributed by atoms with Crippen molar-refractivity contribution in [1.82, 2.24) is 0 Å². The zero-order valence-electron chi connectivity index (χ0n) is 10.6. The van der Waals surface area contributed by atoms with Gasteiger partial charge in [0.05, 0.1) is 5.54 Å². The van der Waals surface area contributed by atoms with Gasteiger partial charge in [0.15, 0.2) is 0 Å². The Balaban J connectivity index is 2.26. The maximum atomic E-state index is 6.06. The van der Waals surface area contributed by atoms with Crippen LogP contribution in [0.15, 0.2) is 28.7 Å². The van der Waals surface area contributed by atoms with Crippen molar-refractivity contribution >= 4 is 21.6 Å². The fourth-order valence-electron chi connectivity index (χ4n) is 2.91. The number of hydrogen-bond donors (Lipinski definition) is 2. The van der Waals surface area contributed by atoms with Gasteiger partial charge >= 0.3 is 0 Å². The quantitative estimate of drug-likeness (QED) is 0.891. The summed E-state index contributed by atoms with van der Waals surface area (Å²) in [7, 11) is 0. The van der Waals surface area contributed by atoms with E-state index >= 15 is 0 Å². The summed E-state index contributed by atoms with van der Waals surface area (Å²) in [5, 5.41) is 3.68. The minimum Gasteiger partial charge on any atom is -0.378 e. The third-order valence-electron chi connectivity index (χ3n) is 4.26. The molecule has 3 heteroatoms. The predicted octanol–water partition coefficient (Wildman–Crippen LogP) is 3.77. The summed E-state index contributed by atoms with van der Waals surface area (Å²) in [4.78, 5) is 0. The summed E-state index contributed by atoms with van der Waals surface area (Å²) in [5.74, 6) is 0. The van der Waals surface area contributed by atoms with Crippen molar-refractivity contribution in [2.24, 2.45) is 11.1 Å². The third-order valence-corrected chi connectivity index (χ3v) is 4.75. The van der Waals surface area contributed by atoms with Crippen LogP contribution in [0.5, 0.6) is 0 Å². The molecule has 0 amide bonds. The van der Waals surface area contributed by atoms with Crippen LogP contribution in [-0.2, 0) is 0 Å². The molecule has 1 aromatic carbocycles. The van der Waals surface area contributed by atoms with Crippen molar-refractivity contribution in [2.75, 3.05) is 11.9 Å². The van der Waals surface area contributed by atoms with Gasteiger partial charge in [-0.05, 0) is 36.5 Å². The van der Waals surface area contributed by atoms with Crippen LogP contribution in [0.2, 0.25) is 0 Å². The summed E-state index contributed by atoms with van der Waals surface area (Å²) >= 11 is 3.51. The van der Waals surface area contributed by atoms with E-state index in [1.54, 1.807) is 0 Å². The van der Waals surface area contributed by atoms with E-state index in [1.165, 1.54) is 12.8 Å². The van der Waals surface area contributed by atoms with Gasteiger partial charge in [-0.2, -0.15) is 0 Å². The number of hydrogen-bond acceptors (Lipinski definition) is 2. The highest BCUT2D eigenvalue weighted by Crippen LogP contribution is 2.47. The second kappa shape index (κ2) is 4.62. The molecule has 1 saturated carbocycles. The summed E-state index contributed by atoms with van der Waals surface area (Å²) in [6.45, 7) is 5.32. The van der Waals surface area contributed by atoms with E-state index in [9.17, 15) is 0 Å². The van der Waals surface area contributed by atoms with Gasteiger partial charge in [-0.3, -0.25) is 0 Å². The van der Waals surface area contributed by atoms with Gasteiger partial charge in [-0.25, -0.2) is 0 Å². The van der Waals surface area contributed by atoms with Crippen molar-refractivity contribution in [2.45, 2.75) is 38.6 Å². The summed E-state index contributed by atoms with van der Waals surface area (Å²) < 4.78 is 1.10. The lowest BCUT2D eigenvalue weighted by atomic mass is 9.74. The maximum Gasteiger partial charge on any atom is 0.0546 e. The molecule has 0 aliphatic heterocycles. The number of nitrogens with two attached hydrogens (primary N) is 1. The van der Waals surface area contributed by atoms with E-state index in [-0.39, 0.29) is 11.0 Å². The van der Waals surface area contributed by atoms with Crippen LogP contribution in [0.4, 0.5) is 5.69 Å². The molecule has 0 radical (unpaired) electrons.